The molecule has 2 aromatic rings. The topological polar surface area (TPSA) is 64.7 Å². The Balaban J connectivity index is 2.79. The minimum atomic E-state index is 0.376. The molecule has 2 N–H and O–H groups in total. The Hall–Kier alpha value is -1.55. The van der Waals surface area contributed by atoms with E-state index in [9.17, 15) is 0 Å². The number of nitrogens with two attached hydrogens (primary N) is 1. The van der Waals surface area contributed by atoms with Crippen LogP contribution in [0.15, 0.2) is 24.5 Å². The number of aromatic nitrogens is 3. The molecule has 0 unspecified atom stereocenters. The third kappa shape index (κ3) is 1.02. The minimum absolute atomic E-state index is 0.376. The summed E-state index contributed by atoms with van der Waals surface area (Å²) in [5.41, 5.74) is 7.06. The molecule has 0 fully saturated rings. The first kappa shape index (κ1) is 7.12. The second-order valence-electron chi connectivity index (χ2n) is 2.44. The van der Waals surface area contributed by atoms with Gasteiger partial charge in [-0.15, -0.1) is 0 Å². The average Bonchev–Trinajstić information content (AvgIpc) is 2.17. The molecule has 12 heavy (non-hydrogen) atoms. The fourth-order valence-corrected chi connectivity index (χ4v) is 1.11. The van der Waals surface area contributed by atoms with Gasteiger partial charge >= 0.3 is 0 Å². The average molecular weight is 160 g/mol. The van der Waals surface area contributed by atoms with Gasteiger partial charge in [0.15, 0.2) is 0 Å². The van der Waals surface area contributed by atoms with E-state index in [0.29, 0.717) is 6.54 Å². The molecule has 0 radical (unpaired) electrons. The summed E-state index contributed by atoms with van der Waals surface area (Å²) in [4.78, 5) is 4.17. The van der Waals surface area contributed by atoms with Gasteiger partial charge in [-0.1, -0.05) is 0 Å². The third-order valence-corrected chi connectivity index (χ3v) is 1.68. The van der Waals surface area contributed by atoms with Crippen LogP contribution in [0.5, 0.6) is 0 Å². The highest BCUT2D eigenvalue weighted by Crippen LogP contribution is 2.10. The lowest BCUT2D eigenvalue weighted by molar-refractivity contribution is 0.911. The lowest BCUT2D eigenvalue weighted by Crippen LogP contribution is -2.02. The van der Waals surface area contributed by atoms with Crippen LogP contribution in [-0.2, 0) is 6.54 Å². The van der Waals surface area contributed by atoms with Crippen LogP contribution in [0.1, 0.15) is 5.69 Å². The summed E-state index contributed by atoms with van der Waals surface area (Å²) >= 11 is 0. The lowest BCUT2D eigenvalue weighted by Gasteiger charge is -1.98. The van der Waals surface area contributed by atoms with Gasteiger partial charge in [0.1, 0.15) is 5.69 Å². The van der Waals surface area contributed by atoms with Crippen LogP contribution in [0.4, 0.5) is 0 Å². The maximum atomic E-state index is 5.47. The summed E-state index contributed by atoms with van der Waals surface area (Å²) < 4.78 is 0. The molecular formula is C8H8N4. The van der Waals surface area contributed by atoms with Gasteiger partial charge in [0.25, 0.3) is 0 Å². The van der Waals surface area contributed by atoms with E-state index in [4.69, 9.17) is 5.73 Å². The largest absolute Gasteiger partial charge is 0.325 e. The molecule has 0 spiro atoms. The van der Waals surface area contributed by atoms with Crippen LogP contribution < -0.4 is 5.73 Å². The number of nitrogens with zero attached hydrogens (tertiary/aromatic N) is 3. The standard InChI is InChI=1S/C8H8N4/c9-4-7-8-6(5-11-12-7)2-1-3-10-8/h1-3,5H,4,9H2. The maximum Gasteiger partial charge on any atom is 0.103 e. The van der Waals surface area contributed by atoms with Crippen molar-refractivity contribution in [2.45, 2.75) is 6.54 Å². The first-order valence-corrected chi connectivity index (χ1v) is 3.67. The summed E-state index contributed by atoms with van der Waals surface area (Å²) in [6.07, 6.45) is 3.41. The van der Waals surface area contributed by atoms with E-state index in [0.717, 1.165) is 16.6 Å². The minimum Gasteiger partial charge on any atom is -0.325 e. The highest BCUT2D eigenvalue weighted by atomic mass is 15.1. The van der Waals surface area contributed by atoms with Crippen molar-refractivity contribution < 1.29 is 0 Å². The molecule has 0 bridgehead atoms. The van der Waals surface area contributed by atoms with Gasteiger partial charge in [-0.3, -0.25) is 4.98 Å². The molecule has 60 valence electrons. The van der Waals surface area contributed by atoms with Gasteiger partial charge in [0.2, 0.25) is 0 Å². The van der Waals surface area contributed by atoms with E-state index >= 15 is 0 Å². The van der Waals surface area contributed by atoms with E-state index in [-0.39, 0.29) is 0 Å². The van der Waals surface area contributed by atoms with Crippen molar-refractivity contribution in [3.8, 4) is 0 Å². The Kier molecular flexibility index (Phi) is 1.68. The van der Waals surface area contributed by atoms with Crippen molar-refractivity contribution in [2.75, 3.05) is 0 Å². The lowest BCUT2D eigenvalue weighted by atomic mass is 10.2. The van der Waals surface area contributed by atoms with Gasteiger partial charge in [-0.2, -0.15) is 10.2 Å². The zero-order valence-electron chi connectivity index (χ0n) is 6.44. The van der Waals surface area contributed by atoms with Gasteiger partial charge < -0.3 is 5.73 Å². The summed E-state index contributed by atoms with van der Waals surface area (Å²) in [7, 11) is 0. The van der Waals surface area contributed by atoms with Gasteiger partial charge in [-0.05, 0) is 12.1 Å². The van der Waals surface area contributed by atoms with Gasteiger partial charge in [0.05, 0.1) is 11.7 Å². The summed E-state index contributed by atoms with van der Waals surface area (Å²) in [6.45, 7) is 0.376. The molecule has 0 aliphatic rings. The van der Waals surface area contributed by atoms with Crippen molar-refractivity contribution >= 4 is 10.9 Å². The predicted molar refractivity (Wildman–Crippen MR) is 45.2 cm³/mol. The normalized spacial score (nSPS) is 10.4. The smallest absolute Gasteiger partial charge is 0.103 e. The van der Waals surface area contributed by atoms with Crippen LogP contribution in [0.3, 0.4) is 0 Å². The third-order valence-electron chi connectivity index (χ3n) is 1.68. The first-order chi connectivity index (χ1) is 5.92. The zero-order valence-corrected chi connectivity index (χ0v) is 6.44. The van der Waals surface area contributed by atoms with Gasteiger partial charge in [0, 0.05) is 18.1 Å². The SMILES string of the molecule is NCc1nncc2cccnc12. The quantitative estimate of drug-likeness (QED) is 0.659. The fraction of sp³-hybridized carbons (Fsp3) is 0.125. The highest BCUT2D eigenvalue weighted by Gasteiger charge is 2.00. The molecule has 0 atom stereocenters. The number of pyridine rings is 1. The Labute approximate surface area is 69.4 Å². The maximum absolute atomic E-state index is 5.47. The predicted octanol–water partition coefficient (Wildman–Crippen LogP) is 0.484. The molecule has 0 saturated heterocycles. The molecule has 2 heterocycles. The van der Waals surface area contributed by atoms with E-state index in [1.807, 2.05) is 12.1 Å². The second kappa shape index (κ2) is 2.83. The Morgan fingerprint density at radius 2 is 2.33 bits per heavy atom. The van der Waals surface area contributed by atoms with Crippen LogP contribution in [0.25, 0.3) is 10.9 Å². The van der Waals surface area contributed by atoms with Crippen LogP contribution >= 0.6 is 0 Å². The molecule has 2 rings (SSSR count). The molecule has 4 heteroatoms. The Bertz CT molecular complexity index is 394. The molecule has 2 aromatic heterocycles. The van der Waals surface area contributed by atoms with Crippen molar-refractivity contribution in [3.63, 3.8) is 0 Å². The number of hydrogen-bond donors (Lipinski definition) is 1. The summed E-state index contributed by atoms with van der Waals surface area (Å²) in [5.74, 6) is 0. The van der Waals surface area contributed by atoms with E-state index in [1.54, 1.807) is 12.4 Å². The van der Waals surface area contributed by atoms with Crippen molar-refractivity contribution in [1.29, 1.82) is 0 Å². The van der Waals surface area contributed by atoms with Crippen LogP contribution in [0.2, 0.25) is 0 Å². The molecule has 4 nitrogen and oxygen atoms in total. The van der Waals surface area contributed by atoms with Crippen LogP contribution in [0, 0.1) is 0 Å². The molecular weight excluding hydrogens is 152 g/mol. The number of rotatable bonds is 1. The molecule has 0 aliphatic heterocycles. The molecule has 0 amide bonds. The molecule has 0 saturated carbocycles. The van der Waals surface area contributed by atoms with E-state index in [1.165, 1.54) is 0 Å². The zero-order chi connectivity index (χ0) is 8.39. The van der Waals surface area contributed by atoms with Crippen molar-refractivity contribution in [1.82, 2.24) is 15.2 Å². The van der Waals surface area contributed by atoms with E-state index in [2.05, 4.69) is 15.2 Å². The molecule has 0 aliphatic carbocycles. The van der Waals surface area contributed by atoms with Gasteiger partial charge in [-0.25, -0.2) is 0 Å². The summed E-state index contributed by atoms with van der Waals surface area (Å²) in [6, 6.07) is 3.81. The monoisotopic (exact) mass is 160 g/mol. The molecule has 0 aromatic carbocycles. The highest BCUT2D eigenvalue weighted by molar-refractivity contribution is 5.78. The summed E-state index contributed by atoms with van der Waals surface area (Å²) in [5, 5.41) is 8.68. The van der Waals surface area contributed by atoms with Crippen molar-refractivity contribution in [3.05, 3.63) is 30.2 Å². The van der Waals surface area contributed by atoms with Crippen LogP contribution in [-0.4, -0.2) is 15.2 Å². The number of hydrogen-bond acceptors (Lipinski definition) is 4. The fourth-order valence-electron chi connectivity index (χ4n) is 1.11. The van der Waals surface area contributed by atoms with E-state index < -0.39 is 0 Å². The first-order valence-electron chi connectivity index (χ1n) is 3.67. The Morgan fingerprint density at radius 1 is 1.42 bits per heavy atom. The van der Waals surface area contributed by atoms with Crippen molar-refractivity contribution in [2.24, 2.45) is 5.73 Å². The number of fused-ring (bicyclic) bond motifs is 1. The Morgan fingerprint density at radius 3 is 3.17 bits per heavy atom. The second-order valence-corrected chi connectivity index (χ2v) is 2.44.